The number of nitrogens with zero attached hydrogens (tertiary/aromatic N) is 2. The third kappa shape index (κ3) is 5.01. The summed E-state index contributed by atoms with van der Waals surface area (Å²) in [6.07, 6.45) is 5.61. The molecule has 1 aliphatic rings. The number of nitrogens with one attached hydrogen (secondary N) is 3. The largest absolute Gasteiger partial charge is 0.346 e. The van der Waals surface area contributed by atoms with Crippen molar-refractivity contribution in [3.05, 3.63) is 46.2 Å². The highest BCUT2D eigenvalue weighted by Gasteiger charge is 2.21. The van der Waals surface area contributed by atoms with Gasteiger partial charge in [0, 0.05) is 24.5 Å². The van der Waals surface area contributed by atoms with Gasteiger partial charge in [0.1, 0.15) is 6.34 Å². The monoisotopic (exact) mass is 383 g/mol. The maximum Gasteiger partial charge on any atom is 0.265 e. The van der Waals surface area contributed by atoms with E-state index in [9.17, 15) is 9.59 Å². The number of aliphatic imine (C=N–C) groups is 1. The van der Waals surface area contributed by atoms with E-state index in [1.165, 1.54) is 24.1 Å². The molecule has 0 spiro atoms. The molecule has 0 saturated carbocycles. The van der Waals surface area contributed by atoms with E-state index >= 15 is 0 Å². The molecule has 1 aliphatic heterocycles. The first-order valence-corrected chi connectivity index (χ1v) is 9.56. The summed E-state index contributed by atoms with van der Waals surface area (Å²) >= 11 is 1.22. The van der Waals surface area contributed by atoms with Gasteiger partial charge in [0.25, 0.3) is 11.8 Å². The molecule has 140 valence electrons. The van der Waals surface area contributed by atoms with Gasteiger partial charge in [0.2, 0.25) is 0 Å². The number of rotatable bonds is 6. The maximum absolute atomic E-state index is 12.5. The molecular formula is C19H21N5O2S. The van der Waals surface area contributed by atoms with Crippen molar-refractivity contribution in [1.82, 2.24) is 4.90 Å². The van der Waals surface area contributed by atoms with Crippen LogP contribution in [0.3, 0.4) is 0 Å². The van der Waals surface area contributed by atoms with Crippen molar-refractivity contribution in [3.63, 3.8) is 0 Å². The fourth-order valence-electron chi connectivity index (χ4n) is 2.82. The van der Waals surface area contributed by atoms with Gasteiger partial charge in [-0.1, -0.05) is 0 Å². The fraction of sp³-hybridized carbons (Fsp3) is 0.263. The summed E-state index contributed by atoms with van der Waals surface area (Å²) in [5.74, 6) is -0.218. The molecule has 0 radical (unpaired) electrons. The Morgan fingerprint density at radius 2 is 1.67 bits per heavy atom. The van der Waals surface area contributed by atoms with Crippen LogP contribution in [0.4, 0.5) is 11.4 Å². The van der Waals surface area contributed by atoms with E-state index in [1.807, 2.05) is 4.90 Å². The Balaban J connectivity index is 1.59. The fourth-order valence-corrected chi connectivity index (χ4v) is 3.69. The number of carbonyl (C=O) groups is 2. The van der Waals surface area contributed by atoms with Crippen molar-refractivity contribution in [2.24, 2.45) is 4.99 Å². The Morgan fingerprint density at radius 3 is 2.37 bits per heavy atom. The van der Waals surface area contributed by atoms with Crippen LogP contribution in [0.5, 0.6) is 0 Å². The molecule has 3 rings (SSSR count). The lowest BCUT2D eigenvalue weighted by molar-refractivity contribution is 0.0729. The van der Waals surface area contributed by atoms with Gasteiger partial charge in [-0.05, 0) is 55.7 Å². The number of thiophene rings is 1. The van der Waals surface area contributed by atoms with E-state index < -0.39 is 0 Å². The Kier molecular flexibility index (Phi) is 6.32. The predicted octanol–water partition coefficient (Wildman–Crippen LogP) is 3.67. The Labute approximate surface area is 161 Å². The van der Waals surface area contributed by atoms with E-state index in [4.69, 9.17) is 5.41 Å². The summed E-state index contributed by atoms with van der Waals surface area (Å²) in [5.41, 5.74) is 1.45. The first kappa shape index (κ1) is 18.8. The van der Waals surface area contributed by atoms with Gasteiger partial charge in [0.15, 0.2) is 0 Å². The van der Waals surface area contributed by atoms with Crippen molar-refractivity contribution in [1.29, 1.82) is 5.41 Å². The molecule has 0 aliphatic carbocycles. The van der Waals surface area contributed by atoms with E-state index in [2.05, 4.69) is 15.6 Å². The summed E-state index contributed by atoms with van der Waals surface area (Å²) < 4.78 is 0. The lowest BCUT2D eigenvalue weighted by atomic mass is 10.1. The predicted molar refractivity (Wildman–Crippen MR) is 109 cm³/mol. The van der Waals surface area contributed by atoms with Crippen LogP contribution in [-0.4, -0.2) is 42.5 Å². The SMILES string of the molecule is N=C/N=C\Nc1ccc(NC(=O)c2ccc(C(=O)N3CCCCC3)s2)cc1. The molecule has 0 unspecified atom stereocenters. The van der Waals surface area contributed by atoms with Crippen molar-refractivity contribution >= 4 is 47.2 Å². The van der Waals surface area contributed by atoms with Crippen molar-refractivity contribution < 1.29 is 9.59 Å². The summed E-state index contributed by atoms with van der Waals surface area (Å²) in [6, 6.07) is 10.6. The first-order chi connectivity index (χ1) is 13.2. The minimum atomic E-state index is -0.233. The molecule has 3 N–H and O–H groups in total. The van der Waals surface area contributed by atoms with E-state index in [0.717, 1.165) is 38.0 Å². The molecular weight excluding hydrogens is 362 g/mol. The molecule has 1 saturated heterocycles. The zero-order valence-electron chi connectivity index (χ0n) is 14.8. The number of benzene rings is 1. The second kappa shape index (κ2) is 9.09. The highest BCUT2D eigenvalue weighted by atomic mass is 32.1. The van der Waals surface area contributed by atoms with Crippen LogP contribution in [0, 0.1) is 5.41 Å². The van der Waals surface area contributed by atoms with Crippen LogP contribution in [0.1, 0.15) is 38.6 Å². The molecule has 7 nitrogen and oxygen atoms in total. The number of hydrogen-bond donors (Lipinski definition) is 3. The van der Waals surface area contributed by atoms with Crippen LogP contribution >= 0.6 is 11.3 Å². The van der Waals surface area contributed by atoms with Crippen LogP contribution in [0.2, 0.25) is 0 Å². The van der Waals surface area contributed by atoms with Gasteiger partial charge < -0.3 is 15.5 Å². The third-order valence-corrected chi connectivity index (χ3v) is 5.28. The Bertz CT molecular complexity index is 838. The number of anilines is 2. The summed E-state index contributed by atoms with van der Waals surface area (Å²) in [6.45, 7) is 1.59. The second-order valence-corrected chi connectivity index (χ2v) is 7.18. The summed E-state index contributed by atoms with van der Waals surface area (Å²) in [7, 11) is 0. The molecule has 1 aromatic heterocycles. The molecule has 0 bridgehead atoms. The average Bonchev–Trinajstić information content (AvgIpc) is 3.20. The van der Waals surface area contributed by atoms with Crippen LogP contribution in [0.25, 0.3) is 0 Å². The average molecular weight is 383 g/mol. The highest BCUT2D eigenvalue weighted by Crippen LogP contribution is 2.22. The maximum atomic E-state index is 12.5. The lowest BCUT2D eigenvalue weighted by Crippen LogP contribution is -2.35. The third-order valence-electron chi connectivity index (χ3n) is 4.21. The van der Waals surface area contributed by atoms with Crippen LogP contribution < -0.4 is 10.6 Å². The number of carbonyl (C=O) groups excluding carboxylic acids is 2. The van der Waals surface area contributed by atoms with Gasteiger partial charge in [-0.15, -0.1) is 11.3 Å². The normalized spacial score (nSPS) is 14.1. The van der Waals surface area contributed by atoms with Crippen molar-refractivity contribution in [2.45, 2.75) is 19.3 Å². The van der Waals surface area contributed by atoms with Gasteiger partial charge >= 0.3 is 0 Å². The molecule has 1 fully saturated rings. The van der Waals surface area contributed by atoms with E-state index in [0.29, 0.717) is 15.4 Å². The van der Waals surface area contributed by atoms with Crippen LogP contribution in [-0.2, 0) is 0 Å². The van der Waals surface area contributed by atoms with Gasteiger partial charge in [-0.3, -0.25) is 15.0 Å². The molecule has 2 heterocycles. The van der Waals surface area contributed by atoms with Gasteiger partial charge in [0.05, 0.1) is 16.1 Å². The minimum absolute atomic E-state index is 0.0146. The highest BCUT2D eigenvalue weighted by molar-refractivity contribution is 7.16. The summed E-state index contributed by atoms with van der Waals surface area (Å²) in [4.78, 5) is 31.6. The Morgan fingerprint density at radius 1 is 1.00 bits per heavy atom. The molecule has 0 atom stereocenters. The van der Waals surface area contributed by atoms with E-state index in [1.54, 1.807) is 36.4 Å². The quantitative estimate of drug-likeness (QED) is 0.524. The van der Waals surface area contributed by atoms with Crippen molar-refractivity contribution in [3.8, 4) is 0 Å². The Hall–Kier alpha value is -3.00. The molecule has 1 aromatic carbocycles. The van der Waals surface area contributed by atoms with Gasteiger partial charge in [-0.2, -0.15) is 0 Å². The first-order valence-electron chi connectivity index (χ1n) is 8.75. The molecule has 27 heavy (non-hydrogen) atoms. The van der Waals surface area contributed by atoms with Crippen molar-refractivity contribution in [2.75, 3.05) is 23.7 Å². The molecule has 8 heteroatoms. The number of amides is 2. The number of likely N-dealkylation sites (tertiary alicyclic amines) is 1. The zero-order valence-corrected chi connectivity index (χ0v) is 15.6. The smallest absolute Gasteiger partial charge is 0.265 e. The second-order valence-electron chi connectivity index (χ2n) is 6.10. The topological polar surface area (TPSA) is 97.6 Å². The summed E-state index contributed by atoms with van der Waals surface area (Å²) in [5, 5.41) is 12.6. The lowest BCUT2D eigenvalue weighted by Gasteiger charge is -2.26. The molecule has 2 aromatic rings. The minimum Gasteiger partial charge on any atom is -0.346 e. The van der Waals surface area contributed by atoms with Crippen LogP contribution in [0.15, 0.2) is 41.4 Å². The van der Waals surface area contributed by atoms with Gasteiger partial charge in [-0.25, -0.2) is 4.99 Å². The number of piperidine rings is 1. The number of hydrogen-bond acceptors (Lipinski definition) is 4. The van der Waals surface area contributed by atoms with E-state index in [-0.39, 0.29) is 11.8 Å². The zero-order chi connectivity index (χ0) is 19.1. The standard InChI is InChI=1S/C19H21N5O2S/c20-12-21-13-22-14-4-6-15(7-5-14)23-18(25)16-8-9-17(27-16)19(26)24-10-2-1-3-11-24/h4-9,12-13H,1-3,10-11H2,(H,23,25)(H2,20,21,22). The molecule has 2 amide bonds.